The third kappa shape index (κ3) is 8.57. The van der Waals surface area contributed by atoms with Crippen LogP contribution in [0.3, 0.4) is 0 Å². The van der Waals surface area contributed by atoms with Gasteiger partial charge in [0.15, 0.2) is 11.7 Å². The monoisotopic (exact) mass is 444 g/mol. The normalized spacial score (nSPS) is 13.4. The maximum Gasteiger partial charge on any atom is 0.191 e. The zero-order valence-electron chi connectivity index (χ0n) is 13.4. The molecule has 0 spiro atoms. The standard InChI is InChI=1S/C13H24N4O3S.HI/c1-5-11-8-12(20-17-11)9-15-13(14-3)16-10(2)6-7-21(4,18)19;/h8,10H,5-7,9H2,1-4H3,(H2,14,15,16);1H. The van der Waals surface area contributed by atoms with E-state index in [1.165, 1.54) is 6.26 Å². The lowest BCUT2D eigenvalue weighted by Gasteiger charge is -2.16. The third-order valence-corrected chi connectivity index (χ3v) is 3.91. The van der Waals surface area contributed by atoms with Gasteiger partial charge in [-0.2, -0.15) is 0 Å². The molecule has 1 atom stereocenters. The first-order valence-electron chi connectivity index (χ1n) is 6.93. The number of aryl methyl sites for hydroxylation is 1. The quantitative estimate of drug-likeness (QED) is 0.375. The Morgan fingerprint density at radius 3 is 2.68 bits per heavy atom. The first-order valence-corrected chi connectivity index (χ1v) is 8.99. The third-order valence-electron chi connectivity index (χ3n) is 2.93. The summed E-state index contributed by atoms with van der Waals surface area (Å²) in [7, 11) is -1.28. The number of sulfone groups is 1. The molecule has 0 aromatic carbocycles. The molecule has 0 radical (unpaired) electrons. The summed E-state index contributed by atoms with van der Waals surface area (Å²) in [6, 6.07) is 1.90. The Bertz CT molecular complexity index is 572. The molecule has 0 aliphatic rings. The second kappa shape index (κ2) is 10.0. The average Bonchev–Trinajstić information content (AvgIpc) is 2.88. The SMILES string of the molecule is CCc1cc(CNC(=NC)NC(C)CCS(C)(=O)=O)on1.I. The fourth-order valence-electron chi connectivity index (χ4n) is 1.67. The van der Waals surface area contributed by atoms with E-state index in [1.54, 1.807) is 7.05 Å². The highest BCUT2D eigenvalue weighted by Crippen LogP contribution is 2.03. The van der Waals surface area contributed by atoms with Crippen LogP contribution >= 0.6 is 24.0 Å². The van der Waals surface area contributed by atoms with Gasteiger partial charge in [-0.15, -0.1) is 24.0 Å². The van der Waals surface area contributed by atoms with E-state index in [0.717, 1.165) is 17.9 Å². The summed E-state index contributed by atoms with van der Waals surface area (Å²) < 4.78 is 27.5. The fraction of sp³-hybridized carbons (Fsp3) is 0.692. The predicted octanol–water partition coefficient (Wildman–Crippen LogP) is 1.34. The Hall–Kier alpha value is -0.840. The van der Waals surface area contributed by atoms with Gasteiger partial charge in [0.2, 0.25) is 0 Å². The second-order valence-electron chi connectivity index (χ2n) is 5.03. The molecule has 9 heteroatoms. The maximum absolute atomic E-state index is 11.1. The van der Waals surface area contributed by atoms with E-state index in [2.05, 4.69) is 20.8 Å². The van der Waals surface area contributed by atoms with Gasteiger partial charge < -0.3 is 15.2 Å². The number of hydrogen-bond donors (Lipinski definition) is 2. The molecule has 0 aliphatic heterocycles. The Morgan fingerprint density at radius 2 is 2.18 bits per heavy atom. The number of guanidine groups is 1. The molecule has 0 amide bonds. The van der Waals surface area contributed by atoms with E-state index in [1.807, 2.05) is 19.9 Å². The number of aromatic nitrogens is 1. The lowest BCUT2D eigenvalue weighted by atomic mass is 10.3. The van der Waals surface area contributed by atoms with Crippen molar-refractivity contribution in [1.82, 2.24) is 15.8 Å². The number of hydrogen-bond acceptors (Lipinski definition) is 5. The highest BCUT2D eigenvalue weighted by atomic mass is 127. The molecule has 0 saturated heterocycles. The molecule has 128 valence electrons. The highest BCUT2D eigenvalue weighted by molar-refractivity contribution is 14.0. The molecule has 22 heavy (non-hydrogen) atoms. The molecule has 1 aromatic rings. The summed E-state index contributed by atoms with van der Waals surface area (Å²) in [4.78, 5) is 4.10. The minimum Gasteiger partial charge on any atom is -0.359 e. The van der Waals surface area contributed by atoms with Crippen molar-refractivity contribution in [3.8, 4) is 0 Å². The minimum absolute atomic E-state index is 0. The number of aliphatic imine (C=N–C) groups is 1. The van der Waals surface area contributed by atoms with Gasteiger partial charge in [-0.05, 0) is 19.8 Å². The summed E-state index contributed by atoms with van der Waals surface area (Å²) in [5, 5.41) is 10.2. The van der Waals surface area contributed by atoms with Crippen molar-refractivity contribution in [3.05, 3.63) is 17.5 Å². The van der Waals surface area contributed by atoms with Gasteiger partial charge in [0, 0.05) is 25.4 Å². The van der Waals surface area contributed by atoms with Crippen LogP contribution in [-0.4, -0.2) is 44.6 Å². The summed E-state index contributed by atoms with van der Waals surface area (Å²) in [5.74, 6) is 1.49. The van der Waals surface area contributed by atoms with Crippen molar-refractivity contribution >= 4 is 39.8 Å². The van der Waals surface area contributed by atoms with Crippen LogP contribution in [0.5, 0.6) is 0 Å². The summed E-state index contributed by atoms with van der Waals surface area (Å²) >= 11 is 0. The molecule has 0 aliphatic carbocycles. The molecule has 1 aromatic heterocycles. The predicted molar refractivity (Wildman–Crippen MR) is 98.4 cm³/mol. The molecule has 1 unspecified atom stereocenters. The molecule has 1 heterocycles. The Labute approximate surface area is 149 Å². The largest absolute Gasteiger partial charge is 0.359 e. The molecule has 2 N–H and O–H groups in total. The lowest BCUT2D eigenvalue weighted by molar-refractivity contribution is 0.374. The van der Waals surface area contributed by atoms with Gasteiger partial charge in [-0.1, -0.05) is 12.1 Å². The molecule has 1 rings (SSSR count). The zero-order valence-corrected chi connectivity index (χ0v) is 16.6. The Balaban J connectivity index is 0.00000441. The highest BCUT2D eigenvalue weighted by Gasteiger charge is 2.10. The first-order chi connectivity index (χ1) is 9.84. The molecular weight excluding hydrogens is 419 g/mol. The van der Waals surface area contributed by atoms with Gasteiger partial charge in [0.1, 0.15) is 9.84 Å². The topological polar surface area (TPSA) is 96.6 Å². The van der Waals surface area contributed by atoms with Crippen LogP contribution in [0, 0.1) is 0 Å². The number of nitrogens with zero attached hydrogens (tertiary/aromatic N) is 2. The van der Waals surface area contributed by atoms with Crippen LogP contribution in [0.15, 0.2) is 15.6 Å². The summed E-state index contributed by atoms with van der Waals surface area (Å²) in [6.07, 6.45) is 2.60. The fourth-order valence-corrected chi connectivity index (χ4v) is 2.45. The number of nitrogens with one attached hydrogen (secondary N) is 2. The van der Waals surface area contributed by atoms with Gasteiger partial charge in [-0.3, -0.25) is 4.99 Å². The zero-order chi connectivity index (χ0) is 15.9. The lowest BCUT2D eigenvalue weighted by Crippen LogP contribution is -2.42. The number of halogens is 1. The van der Waals surface area contributed by atoms with Crippen molar-refractivity contribution in [2.24, 2.45) is 4.99 Å². The van der Waals surface area contributed by atoms with E-state index in [4.69, 9.17) is 4.52 Å². The first kappa shape index (κ1) is 21.2. The van der Waals surface area contributed by atoms with Gasteiger partial charge in [-0.25, -0.2) is 8.42 Å². The molecule has 0 saturated carbocycles. The van der Waals surface area contributed by atoms with E-state index in [-0.39, 0.29) is 35.8 Å². The van der Waals surface area contributed by atoms with Crippen molar-refractivity contribution in [2.75, 3.05) is 19.1 Å². The van der Waals surface area contributed by atoms with Crippen molar-refractivity contribution < 1.29 is 12.9 Å². The Morgan fingerprint density at radius 1 is 1.50 bits per heavy atom. The van der Waals surface area contributed by atoms with Crippen LogP contribution in [0.4, 0.5) is 0 Å². The molecular formula is C13H25IN4O3S. The Kier molecular flexibility index (Phi) is 9.65. The van der Waals surface area contributed by atoms with Crippen molar-refractivity contribution in [3.63, 3.8) is 0 Å². The van der Waals surface area contributed by atoms with E-state index in [0.29, 0.717) is 18.9 Å². The molecule has 7 nitrogen and oxygen atoms in total. The van der Waals surface area contributed by atoms with Crippen LogP contribution < -0.4 is 10.6 Å². The number of rotatable bonds is 7. The van der Waals surface area contributed by atoms with E-state index >= 15 is 0 Å². The molecule has 0 bridgehead atoms. The van der Waals surface area contributed by atoms with Crippen LogP contribution in [0.1, 0.15) is 31.7 Å². The van der Waals surface area contributed by atoms with Gasteiger partial charge in [0.25, 0.3) is 0 Å². The van der Waals surface area contributed by atoms with E-state index in [9.17, 15) is 8.42 Å². The van der Waals surface area contributed by atoms with Crippen molar-refractivity contribution in [2.45, 2.75) is 39.3 Å². The van der Waals surface area contributed by atoms with E-state index < -0.39 is 9.84 Å². The summed E-state index contributed by atoms with van der Waals surface area (Å²) in [5.41, 5.74) is 0.913. The maximum atomic E-state index is 11.1. The smallest absolute Gasteiger partial charge is 0.191 e. The second-order valence-corrected chi connectivity index (χ2v) is 7.29. The van der Waals surface area contributed by atoms with Gasteiger partial charge >= 0.3 is 0 Å². The summed E-state index contributed by atoms with van der Waals surface area (Å²) in [6.45, 7) is 4.41. The molecule has 0 fully saturated rings. The van der Waals surface area contributed by atoms with Crippen LogP contribution in [0.25, 0.3) is 0 Å². The average molecular weight is 444 g/mol. The van der Waals surface area contributed by atoms with Crippen LogP contribution in [0.2, 0.25) is 0 Å². The van der Waals surface area contributed by atoms with Gasteiger partial charge in [0.05, 0.1) is 18.0 Å². The minimum atomic E-state index is -2.94. The van der Waals surface area contributed by atoms with Crippen molar-refractivity contribution in [1.29, 1.82) is 0 Å². The van der Waals surface area contributed by atoms with Crippen LogP contribution in [-0.2, 0) is 22.8 Å².